The Labute approximate surface area is 202 Å². The smallest absolute Gasteiger partial charge is 0.336 e. The van der Waals surface area contributed by atoms with Crippen molar-refractivity contribution in [2.24, 2.45) is 5.92 Å². The van der Waals surface area contributed by atoms with Crippen molar-refractivity contribution in [2.75, 3.05) is 25.6 Å². The molecular formula is C29H34N2O3. The fraction of sp³-hybridized carbons (Fsp3) is 0.379. The number of ether oxygens (including phenoxy) is 1. The van der Waals surface area contributed by atoms with Crippen LogP contribution in [0.3, 0.4) is 0 Å². The lowest BCUT2D eigenvalue weighted by molar-refractivity contribution is -0.140. The van der Waals surface area contributed by atoms with Crippen LogP contribution in [0.5, 0.6) is 0 Å². The van der Waals surface area contributed by atoms with Crippen molar-refractivity contribution >= 4 is 17.4 Å². The number of carbonyl (C=O) groups is 2. The Kier molecular flexibility index (Phi) is 6.92. The van der Waals surface area contributed by atoms with E-state index in [4.69, 9.17) is 4.74 Å². The zero-order valence-corrected chi connectivity index (χ0v) is 20.7. The molecule has 2 atom stereocenters. The first-order valence-electron chi connectivity index (χ1n) is 12.0. The summed E-state index contributed by atoms with van der Waals surface area (Å²) in [5, 5.41) is 3.43. The molecule has 0 fully saturated rings. The lowest BCUT2D eigenvalue weighted by Gasteiger charge is -2.37. The highest BCUT2D eigenvalue weighted by atomic mass is 16.5. The quantitative estimate of drug-likeness (QED) is 0.594. The van der Waals surface area contributed by atoms with Crippen LogP contribution >= 0.6 is 0 Å². The Bertz CT molecular complexity index is 1130. The topological polar surface area (TPSA) is 58.6 Å². The number of carbonyl (C=O) groups excluding carboxylic acids is 2. The number of anilines is 1. The number of rotatable bonds is 6. The van der Waals surface area contributed by atoms with Crippen LogP contribution in [0.15, 0.2) is 77.1 Å². The van der Waals surface area contributed by atoms with Crippen molar-refractivity contribution in [3.05, 3.63) is 88.3 Å². The number of allylic oxidation sites excluding steroid dienone is 3. The Morgan fingerprint density at radius 3 is 2.32 bits per heavy atom. The Morgan fingerprint density at radius 2 is 1.71 bits per heavy atom. The third-order valence-corrected chi connectivity index (χ3v) is 6.61. The number of nitrogens with zero attached hydrogens (tertiary/aromatic N) is 1. The van der Waals surface area contributed by atoms with E-state index in [2.05, 4.69) is 17.4 Å². The third-order valence-electron chi connectivity index (χ3n) is 6.61. The molecule has 0 amide bonds. The van der Waals surface area contributed by atoms with Gasteiger partial charge in [-0.25, -0.2) is 4.79 Å². The van der Waals surface area contributed by atoms with Gasteiger partial charge in [0.1, 0.15) is 0 Å². The van der Waals surface area contributed by atoms with Gasteiger partial charge in [0.15, 0.2) is 5.78 Å². The van der Waals surface area contributed by atoms with Gasteiger partial charge in [0.25, 0.3) is 0 Å². The summed E-state index contributed by atoms with van der Waals surface area (Å²) in [4.78, 5) is 28.9. The largest absolute Gasteiger partial charge is 0.462 e. The SMILES string of the molecule is CC1=C(C(=O)OCC(C)C)[C@H](c2ccc(N(C)C)cc2)C2=C(C[C@@H](c3ccccc3)CC2=O)N1. The van der Waals surface area contributed by atoms with E-state index in [0.29, 0.717) is 24.2 Å². The highest BCUT2D eigenvalue weighted by Gasteiger charge is 2.41. The second kappa shape index (κ2) is 9.88. The van der Waals surface area contributed by atoms with Gasteiger partial charge in [0.2, 0.25) is 0 Å². The molecule has 1 aliphatic heterocycles. The van der Waals surface area contributed by atoms with Gasteiger partial charge in [-0.05, 0) is 48.4 Å². The maximum Gasteiger partial charge on any atom is 0.336 e. The first-order valence-corrected chi connectivity index (χ1v) is 12.0. The monoisotopic (exact) mass is 458 g/mol. The summed E-state index contributed by atoms with van der Waals surface area (Å²) < 4.78 is 5.65. The molecule has 0 saturated heterocycles. The molecule has 1 aliphatic carbocycles. The molecule has 0 saturated carbocycles. The molecule has 0 radical (unpaired) electrons. The van der Waals surface area contributed by atoms with Crippen molar-refractivity contribution in [3.8, 4) is 0 Å². The predicted molar refractivity (Wildman–Crippen MR) is 136 cm³/mol. The van der Waals surface area contributed by atoms with Gasteiger partial charge in [-0.15, -0.1) is 0 Å². The molecule has 5 nitrogen and oxygen atoms in total. The average molecular weight is 459 g/mol. The van der Waals surface area contributed by atoms with Crippen LogP contribution in [0, 0.1) is 5.92 Å². The third kappa shape index (κ3) is 4.79. The Morgan fingerprint density at radius 1 is 1.03 bits per heavy atom. The second-order valence-electron chi connectivity index (χ2n) is 9.91. The molecule has 178 valence electrons. The molecule has 0 spiro atoms. The number of benzene rings is 2. The van der Waals surface area contributed by atoms with Crippen LogP contribution < -0.4 is 10.2 Å². The zero-order valence-electron chi connectivity index (χ0n) is 20.7. The van der Waals surface area contributed by atoms with Crippen LogP contribution in [0.4, 0.5) is 5.69 Å². The number of ketones is 1. The van der Waals surface area contributed by atoms with Crippen LogP contribution in [-0.2, 0) is 14.3 Å². The minimum Gasteiger partial charge on any atom is -0.462 e. The summed E-state index contributed by atoms with van der Waals surface area (Å²) in [5.41, 5.74) is 6.08. The van der Waals surface area contributed by atoms with Gasteiger partial charge >= 0.3 is 5.97 Å². The van der Waals surface area contributed by atoms with Crippen LogP contribution in [0.1, 0.15) is 56.6 Å². The van der Waals surface area contributed by atoms with E-state index >= 15 is 0 Å². The highest BCUT2D eigenvalue weighted by molar-refractivity contribution is 6.04. The first kappa shape index (κ1) is 23.8. The Hall–Kier alpha value is -3.34. The lowest BCUT2D eigenvalue weighted by Crippen LogP contribution is -2.36. The van der Waals surface area contributed by atoms with Crippen molar-refractivity contribution in [1.82, 2.24) is 5.32 Å². The van der Waals surface area contributed by atoms with E-state index in [-0.39, 0.29) is 23.6 Å². The van der Waals surface area contributed by atoms with Gasteiger partial charge in [-0.1, -0.05) is 56.3 Å². The average Bonchev–Trinajstić information content (AvgIpc) is 2.82. The number of dihydropyridines is 1. The fourth-order valence-corrected chi connectivity index (χ4v) is 4.89. The molecule has 1 heterocycles. The van der Waals surface area contributed by atoms with Gasteiger partial charge in [0.05, 0.1) is 12.2 Å². The zero-order chi connectivity index (χ0) is 24.4. The van der Waals surface area contributed by atoms with E-state index in [9.17, 15) is 9.59 Å². The normalized spacial score (nSPS) is 20.2. The van der Waals surface area contributed by atoms with Crippen molar-refractivity contribution in [1.29, 1.82) is 0 Å². The summed E-state index contributed by atoms with van der Waals surface area (Å²) >= 11 is 0. The van der Waals surface area contributed by atoms with E-state index in [1.165, 1.54) is 5.56 Å². The molecule has 1 N–H and O–H groups in total. The van der Waals surface area contributed by atoms with E-state index < -0.39 is 5.92 Å². The number of hydrogen-bond donors (Lipinski definition) is 1. The Balaban J connectivity index is 1.76. The van der Waals surface area contributed by atoms with E-state index in [1.807, 2.05) is 82.2 Å². The molecular weight excluding hydrogens is 424 g/mol. The number of esters is 1. The number of nitrogens with one attached hydrogen (secondary N) is 1. The van der Waals surface area contributed by atoms with Gasteiger partial charge in [-0.3, -0.25) is 4.79 Å². The van der Waals surface area contributed by atoms with E-state index in [1.54, 1.807) is 0 Å². The second-order valence-corrected chi connectivity index (χ2v) is 9.91. The minimum absolute atomic E-state index is 0.0888. The van der Waals surface area contributed by atoms with Crippen LogP contribution in [-0.4, -0.2) is 32.5 Å². The van der Waals surface area contributed by atoms with Crippen molar-refractivity contribution in [3.63, 3.8) is 0 Å². The maximum absolute atomic E-state index is 13.6. The maximum atomic E-state index is 13.6. The molecule has 2 aromatic rings. The fourth-order valence-electron chi connectivity index (χ4n) is 4.89. The lowest BCUT2D eigenvalue weighted by atomic mass is 9.71. The molecule has 0 unspecified atom stereocenters. The molecule has 2 aromatic carbocycles. The van der Waals surface area contributed by atoms with Gasteiger partial charge in [0, 0.05) is 49.1 Å². The van der Waals surface area contributed by atoms with Gasteiger partial charge in [-0.2, -0.15) is 0 Å². The molecule has 4 rings (SSSR count). The standard InChI is InChI=1S/C29H34N2O3/c1-18(2)17-34-29(33)26-19(3)30-24-15-22(20-9-7-6-8-10-20)16-25(32)28(24)27(26)21-11-13-23(14-12-21)31(4)5/h6-14,18,22,27,30H,15-17H2,1-5H3/t22-,27+/m1/s1. The van der Waals surface area contributed by atoms with Crippen molar-refractivity contribution in [2.45, 2.75) is 45.4 Å². The van der Waals surface area contributed by atoms with E-state index in [0.717, 1.165) is 29.1 Å². The van der Waals surface area contributed by atoms with Crippen molar-refractivity contribution < 1.29 is 14.3 Å². The summed E-state index contributed by atoms with van der Waals surface area (Å²) in [7, 11) is 3.99. The summed E-state index contributed by atoms with van der Waals surface area (Å²) in [6.07, 6.45) is 1.17. The van der Waals surface area contributed by atoms with Crippen LogP contribution in [0.25, 0.3) is 0 Å². The molecule has 34 heavy (non-hydrogen) atoms. The molecule has 0 bridgehead atoms. The summed E-state index contributed by atoms with van der Waals surface area (Å²) in [6, 6.07) is 18.3. The number of Topliss-reactive ketones (excluding diaryl/α,β-unsaturated/α-hetero) is 1. The predicted octanol–water partition coefficient (Wildman–Crippen LogP) is 5.31. The molecule has 2 aliphatic rings. The summed E-state index contributed by atoms with van der Waals surface area (Å²) in [5.74, 6) is -0.344. The van der Waals surface area contributed by atoms with Gasteiger partial charge < -0.3 is 15.0 Å². The molecule has 0 aromatic heterocycles. The summed E-state index contributed by atoms with van der Waals surface area (Å²) in [6.45, 7) is 6.28. The molecule has 5 heteroatoms. The highest BCUT2D eigenvalue weighted by Crippen LogP contribution is 2.45. The first-order chi connectivity index (χ1) is 16.3. The van der Waals surface area contributed by atoms with Crippen LogP contribution in [0.2, 0.25) is 0 Å². The minimum atomic E-state index is -0.434. The number of hydrogen-bond acceptors (Lipinski definition) is 5.